The summed E-state index contributed by atoms with van der Waals surface area (Å²) in [6.45, 7) is -0.186. The van der Waals surface area contributed by atoms with Gasteiger partial charge in [-0.05, 0) is 23.9 Å². The summed E-state index contributed by atoms with van der Waals surface area (Å²) in [5.74, 6) is 0.838. The van der Waals surface area contributed by atoms with Crippen LogP contribution < -0.4 is 0 Å². The van der Waals surface area contributed by atoms with E-state index in [0.29, 0.717) is 0 Å². The zero-order valence-corrected chi connectivity index (χ0v) is 9.11. The summed E-state index contributed by atoms with van der Waals surface area (Å²) >= 11 is 1.41. The van der Waals surface area contributed by atoms with Gasteiger partial charge in [0.1, 0.15) is 6.73 Å². The number of rotatable bonds is 3. The summed E-state index contributed by atoms with van der Waals surface area (Å²) in [5, 5.41) is 8.90. The first-order valence-corrected chi connectivity index (χ1v) is 5.84. The Hall–Kier alpha value is -1.00. The Morgan fingerprint density at radius 3 is 2.73 bits per heavy atom. The molecular weight excluding hydrogens is 210 g/mol. The van der Waals surface area contributed by atoms with Crippen LogP contribution >= 0.6 is 11.9 Å². The Kier molecular flexibility index (Phi) is 3.28. The molecule has 1 N–H and O–H groups in total. The highest BCUT2D eigenvalue weighted by atomic mass is 32.2. The smallest absolute Gasteiger partial charge is 0.238 e. The lowest BCUT2D eigenvalue weighted by Gasteiger charge is -2.10. The zero-order chi connectivity index (χ0) is 10.7. The van der Waals surface area contributed by atoms with E-state index < -0.39 is 0 Å². The van der Waals surface area contributed by atoms with E-state index in [9.17, 15) is 4.79 Å². The van der Waals surface area contributed by atoms with Crippen LogP contribution in [0.5, 0.6) is 0 Å². The van der Waals surface area contributed by atoms with Gasteiger partial charge in [-0.3, -0.25) is 9.10 Å². The van der Waals surface area contributed by atoms with Gasteiger partial charge in [-0.25, -0.2) is 0 Å². The van der Waals surface area contributed by atoms with E-state index >= 15 is 0 Å². The highest BCUT2D eigenvalue weighted by Crippen LogP contribution is 2.28. The molecule has 0 aliphatic carbocycles. The third-order valence-electron chi connectivity index (χ3n) is 2.48. The van der Waals surface area contributed by atoms with E-state index in [4.69, 9.17) is 5.11 Å². The Bertz CT molecular complexity index is 342. The number of hydrogen-bond donors (Lipinski definition) is 1. The van der Waals surface area contributed by atoms with Gasteiger partial charge in [0.05, 0.1) is 5.92 Å². The molecule has 1 unspecified atom stereocenters. The van der Waals surface area contributed by atoms with Crippen molar-refractivity contribution >= 4 is 17.9 Å². The maximum Gasteiger partial charge on any atom is 0.238 e. The fourth-order valence-electron chi connectivity index (χ4n) is 1.67. The highest BCUT2D eigenvalue weighted by molar-refractivity contribution is 7.98. The van der Waals surface area contributed by atoms with Crippen molar-refractivity contribution in [1.29, 1.82) is 0 Å². The number of carbonyl (C=O) groups is 1. The molecule has 1 amide bonds. The Balaban J connectivity index is 2.00. The molecule has 4 heteroatoms. The van der Waals surface area contributed by atoms with Crippen molar-refractivity contribution < 1.29 is 9.90 Å². The quantitative estimate of drug-likeness (QED) is 0.785. The number of carbonyl (C=O) groups excluding carboxylic acids is 1. The minimum Gasteiger partial charge on any atom is -0.375 e. The van der Waals surface area contributed by atoms with Crippen molar-refractivity contribution in [1.82, 2.24) is 4.31 Å². The second-order valence-electron chi connectivity index (χ2n) is 3.54. The van der Waals surface area contributed by atoms with Crippen LogP contribution in [0.3, 0.4) is 0 Å². The van der Waals surface area contributed by atoms with Gasteiger partial charge >= 0.3 is 0 Å². The molecule has 1 aromatic rings. The van der Waals surface area contributed by atoms with Crippen molar-refractivity contribution in [2.45, 2.75) is 6.42 Å². The third kappa shape index (κ3) is 2.33. The van der Waals surface area contributed by atoms with Gasteiger partial charge < -0.3 is 5.11 Å². The Morgan fingerprint density at radius 2 is 2.13 bits per heavy atom. The minimum absolute atomic E-state index is 0.0181. The molecule has 1 saturated heterocycles. The number of amides is 1. The summed E-state index contributed by atoms with van der Waals surface area (Å²) in [6, 6.07) is 9.98. The molecule has 1 aliphatic heterocycles. The Morgan fingerprint density at radius 1 is 1.40 bits per heavy atom. The molecule has 0 bridgehead atoms. The average molecular weight is 223 g/mol. The number of hydrogen-bond acceptors (Lipinski definition) is 3. The average Bonchev–Trinajstić information content (AvgIpc) is 2.62. The first kappa shape index (κ1) is 10.5. The van der Waals surface area contributed by atoms with Crippen LogP contribution in [0.4, 0.5) is 0 Å². The van der Waals surface area contributed by atoms with Crippen LogP contribution in [0, 0.1) is 5.92 Å². The van der Waals surface area contributed by atoms with Crippen molar-refractivity contribution in [3.05, 3.63) is 35.9 Å². The Labute approximate surface area is 93.2 Å². The second kappa shape index (κ2) is 4.68. The summed E-state index contributed by atoms with van der Waals surface area (Å²) in [7, 11) is 0. The topological polar surface area (TPSA) is 40.5 Å². The number of aliphatic hydroxyl groups excluding tert-OH is 1. The van der Waals surface area contributed by atoms with E-state index in [-0.39, 0.29) is 18.6 Å². The van der Waals surface area contributed by atoms with Crippen molar-refractivity contribution in [2.75, 3.05) is 12.5 Å². The van der Waals surface area contributed by atoms with Gasteiger partial charge in [0.25, 0.3) is 0 Å². The largest absolute Gasteiger partial charge is 0.375 e. The van der Waals surface area contributed by atoms with Gasteiger partial charge in [-0.1, -0.05) is 30.3 Å². The molecule has 1 fully saturated rings. The molecule has 1 aromatic carbocycles. The number of benzene rings is 1. The normalized spacial score (nSPS) is 21.0. The number of aliphatic hydroxyl groups is 1. The van der Waals surface area contributed by atoms with Crippen LogP contribution in [-0.2, 0) is 11.2 Å². The lowest BCUT2D eigenvalue weighted by Crippen LogP contribution is -2.25. The van der Waals surface area contributed by atoms with Crippen molar-refractivity contribution in [3.63, 3.8) is 0 Å². The van der Waals surface area contributed by atoms with E-state index in [1.54, 1.807) is 0 Å². The number of nitrogens with zero attached hydrogens (tertiary/aromatic N) is 1. The fraction of sp³-hybridized carbons (Fsp3) is 0.364. The summed E-state index contributed by atoms with van der Waals surface area (Å²) in [5.41, 5.74) is 1.18. The molecule has 0 spiro atoms. The molecule has 0 aromatic heterocycles. The predicted octanol–water partition coefficient (Wildman–Crippen LogP) is 1.29. The van der Waals surface area contributed by atoms with E-state index in [0.717, 1.165) is 12.2 Å². The maximum atomic E-state index is 11.7. The molecule has 80 valence electrons. The molecule has 1 heterocycles. The molecule has 0 saturated carbocycles. The van der Waals surface area contributed by atoms with Crippen LogP contribution in [0.25, 0.3) is 0 Å². The van der Waals surface area contributed by atoms with E-state index in [1.807, 2.05) is 30.3 Å². The molecule has 1 atom stereocenters. The minimum atomic E-state index is -0.186. The van der Waals surface area contributed by atoms with Crippen molar-refractivity contribution in [3.8, 4) is 0 Å². The van der Waals surface area contributed by atoms with Gasteiger partial charge in [0, 0.05) is 5.75 Å². The monoisotopic (exact) mass is 223 g/mol. The van der Waals surface area contributed by atoms with Gasteiger partial charge in [-0.15, -0.1) is 0 Å². The summed E-state index contributed by atoms with van der Waals surface area (Å²) in [6.07, 6.45) is 0.767. The summed E-state index contributed by atoms with van der Waals surface area (Å²) in [4.78, 5) is 11.7. The van der Waals surface area contributed by atoms with Gasteiger partial charge in [0.15, 0.2) is 0 Å². The highest BCUT2D eigenvalue weighted by Gasteiger charge is 2.31. The van der Waals surface area contributed by atoms with E-state index in [2.05, 4.69) is 0 Å². The first-order chi connectivity index (χ1) is 7.31. The molecule has 15 heavy (non-hydrogen) atoms. The van der Waals surface area contributed by atoms with Gasteiger partial charge in [-0.2, -0.15) is 0 Å². The molecule has 3 nitrogen and oxygen atoms in total. The van der Waals surface area contributed by atoms with Crippen LogP contribution in [0.15, 0.2) is 30.3 Å². The molecule has 0 radical (unpaired) electrons. The zero-order valence-electron chi connectivity index (χ0n) is 8.30. The standard InChI is InChI=1S/C11H13NO2S/c13-8-12-11(14)10(7-15-12)6-9-4-2-1-3-5-9/h1-5,10,13H,6-8H2. The molecular formula is C11H13NO2S. The predicted molar refractivity (Wildman–Crippen MR) is 60.0 cm³/mol. The van der Waals surface area contributed by atoms with Crippen LogP contribution in [-0.4, -0.2) is 27.8 Å². The fourth-order valence-corrected chi connectivity index (χ4v) is 2.65. The van der Waals surface area contributed by atoms with E-state index in [1.165, 1.54) is 21.8 Å². The van der Waals surface area contributed by atoms with Crippen LogP contribution in [0.1, 0.15) is 5.56 Å². The first-order valence-electron chi connectivity index (χ1n) is 4.90. The lowest BCUT2D eigenvalue weighted by atomic mass is 10.0. The van der Waals surface area contributed by atoms with Gasteiger partial charge in [0.2, 0.25) is 5.91 Å². The van der Waals surface area contributed by atoms with Crippen molar-refractivity contribution in [2.24, 2.45) is 5.92 Å². The third-order valence-corrected chi connectivity index (χ3v) is 3.64. The SMILES string of the molecule is O=C1C(Cc2ccccc2)CSN1CO. The van der Waals surface area contributed by atoms with Crippen LogP contribution in [0.2, 0.25) is 0 Å². The maximum absolute atomic E-state index is 11.7. The second-order valence-corrected chi connectivity index (χ2v) is 4.57. The molecule has 1 aliphatic rings. The molecule has 2 rings (SSSR count). The lowest BCUT2D eigenvalue weighted by molar-refractivity contribution is -0.130. The summed E-state index contributed by atoms with van der Waals surface area (Å²) < 4.78 is 1.42.